The van der Waals surface area contributed by atoms with Gasteiger partial charge in [-0.2, -0.15) is 0 Å². The summed E-state index contributed by atoms with van der Waals surface area (Å²) >= 11 is 0. The van der Waals surface area contributed by atoms with E-state index in [-0.39, 0.29) is 0 Å². The summed E-state index contributed by atoms with van der Waals surface area (Å²) in [6, 6.07) is 6.44. The van der Waals surface area contributed by atoms with Crippen molar-refractivity contribution in [2.75, 3.05) is 0 Å². The summed E-state index contributed by atoms with van der Waals surface area (Å²) in [7, 11) is 0. The first-order chi connectivity index (χ1) is 9.66. The molecule has 0 spiro atoms. The number of imidazole rings is 1. The quantitative estimate of drug-likeness (QED) is 0.660. The minimum atomic E-state index is 1.05. The van der Waals surface area contributed by atoms with Gasteiger partial charge in [0.25, 0.3) is 0 Å². The monoisotopic (exact) mass is 272 g/mol. The molecule has 2 heteroatoms. The van der Waals surface area contributed by atoms with Crippen molar-refractivity contribution in [3.8, 4) is 18.5 Å². The number of terminal acetylenes is 1. The fourth-order valence-electron chi connectivity index (χ4n) is 1.65. The van der Waals surface area contributed by atoms with Gasteiger partial charge in [0.2, 0.25) is 0 Å². The van der Waals surface area contributed by atoms with E-state index in [4.69, 9.17) is 0 Å². The standard InChI is InChI=1S/C12H14N2.2C2H6.C2H2/c1-9-4-5-12(10(2)6-9)14-7-11(3)13-8-14;3*1-2/h4-8H,1-3H3;2*1-2H3;1-2H. The summed E-state index contributed by atoms with van der Waals surface area (Å²) in [5.74, 6) is 0. The molecule has 1 heterocycles. The Labute approximate surface area is 124 Å². The molecule has 2 nitrogen and oxygen atoms in total. The van der Waals surface area contributed by atoms with Crippen LogP contribution in [0.4, 0.5) is 0 Å². The zero-order chi connectivity index (χ0) is 16.1. The molecule has 0 fully saturated rings. The summed E-state index contributed by atoms with van der Waals surface area (Å²) < 4.78 is 2.06. The lowest BCUT2D eigenvalue weighted by molar-refractivity contribution is 1.04. The Balaban J connectivity index is 0. The topological polar surface area (TPSA) is 17.8 Å². The van der Waals surface area contributed by atoms with Crippen LogP contribution in [0.25, 0.3) is 5.69 Å². The molecule has 0 saturated heterocycles. The van der Waals surface area contributed by atoms with Gasteiger partial charge in [0, 0.05) is 11.9 Å². The van der Waals surface area contributed by atoms with Gasteiger partial charge in [-0.3, -0.25) is 0 Å². The molecule has 0 unspecified atom stereocenters. The Kier molecular flexibility index (Phi) is 12.2. The van der Waals surface area contributed by atoms with Crippen LogP contribution in [0.3, 0.4) is 0 Å². The van der Waals surface area contributed by atoms with E-state index in [0.29, 0.717) is 0 Å². The molecule has 0 aliphatic heterocycles. The van der Waals surface area contributed by atoms with Crippen molar-refractivity contribution in [2.45, 2.75) is 48.5 Å². The van der Waals surface area contributed by atoms with E-state index in [1.807, 2.05) is 47.1 Å². The number of aryl methyl sites for hydroxylation is 3. The van der Waals surface area contributed by atoms with Crippen molar-refractivity contribution in [3.63, 3.8) is 0 Å². The van der Waals surface area contributed by atoms with Crippen LogP contribution >= 0.6 is 0 Å². The third-order valence-corrected chi connectivity index (χ3v) is 2.34. The highest BCUT2D eigenvalue weighted by Crippen LogP contribution is 2.15. The Morgan fingerprint density at radius 1 is 0.950 bits per heavy atom. The van der Waals surface area contributed by atoms with Crippen LogP contribution in [0.15, 0.2) is 30.7 Å². The van der Waals surface area contributed by atoms with E-state index in [9.17, 15) is 0 Å². The molecule has 1 aromatic heterocycles. The number of aromatic nitrogens is 2. The van der Waals surface area contributed by atoms with Gasteiger partial charge in [-0.25, -0.2) is 4.98 Å². The lowest BCUT2D eigenvalue weighted by atomic mass is 10.1. The highest BCUT2D eigenvalue weighted by Gasteiger charge is 2.00. The molecular formula is C18H28N2. The molecular weight excluding hydrogens is 244 g/mol. The average molecular weight is 272 g/mol. The fraction of sp³-hybridized carbons (Fsp3) is 0.389. The second-order valence-corrected chi connectivity index (χ2v) is 3.71. The Morgan fingerprint density at radius 3 is 1.90 bits per heavy atom. The van der Waals surface area contributed by atoms with Crippen molar-refractivity contribution in [1.29, 1.82) is 0 Å². The third-order valence-electron chi connectivity index (χ3n) is 2.34. The first-order valence-corrected chi connectivity index (χ1v) is 7.08. The summed E-state index contributed by atoms with van der Waals surface area (Å²) in [4.78, 5) is 4.22. The third kappa shape index (κ3) is 6.24. The van der Waals surface area contributed by atoms with Crippen LogP contribution in [0.1, 0.15) is 44.5 Å². The van der Waals surface area contributed by atoms with Crippen LogP contribution in [0, 0.1) is 33.6 Å². The SMILES string of the molecule is C#C.CC.CC.Cc1ccc(-n2cnc(C)c2)c(C)c1. The summed E-state index contributed by atoms with van der Waals surface area (Å²) in [6.45, 7) is 14.2. The first kappa shape index (κ1) is 20.3. The van der Waals surface area contributed by atoms with Gasteiger partial charge >= 0.3 is 0 Å². The molecule has 0 N–H and O–H groups in total. The minimum Gasteiger partial charge on any atom is -0.306 e. The maximum atomic E-state index is 4.22. The van der Waals surface area contributed by atoms with E-state index in [0.717, 1.165) is 5.69 Å². The number of hydrogen-bond acceptors (Lipinski definition) is 1. The van der Waals surface area contributed by atoms with Crippen LogP contribution < -0.4 is 0 Å². The van der Waals surface area contributed by atoms with Gasteiger partial charge in [-0.05, 0) is 32.4 Å². The summed E-state index contributed by atoms with van der Waals surface area (Å²) in [5, 5.41) is 0. The molecule has 0 saturated carbocycles. The van der Waals surface area contributed by atoms with Crippen LogP contribution in [0.2, 0.25) is 0 Å². The molecule has 0 amide bonds. The normalized spacial score (nSPS) is 8.05. The van der Waals surface area contributed by atoms with Crippen molar-refractivity contribution in [2.24, 2.45) is 0 Å². The predicted molar refractivity (Wildman–Crippen MR) is 90.4 cm³/mol. The largest absolute Gasteiger partial charge is 0.306 e. The molecule has 0 radical (unpaired) electrons. The van der Waals surface area contributed by atoms with Gasteiger partial charge < -0.3 is 4.57 Å². The van der Waals surface area contributed by atoms with Gasteiger partial charge in [0.05, 0.1) is 12.0 Å². The van der Waals surface area contributed by atoms with E-state index >= 15 is 0 Å². The van der Waals surface area contributed by atoms with Crippen molar-refractivity contribution < 1.29 is 0 Å². The number of nitrogens with zero attached hydrogens (tertiary/aromatic N) is 2. The Bertz CT molecular complexity index is 493. The van der Waals surface area contributed by atoms with Crippen molar-refractivity contribution in [1.82, 2.24) is 9.55 Å². The summed E-state index contributed by atoms with van der Waals surface area (Å²) in [5.41, 5.74) is 4.83. The molecule has 0 aliphatic rings. The van der Waals surface area contributed by atoms with Gasteiger partial charge in [-0.1, -0.05) is 45.4 Å². The fourth-order valence-corrected chi connectivity index (χ4v) is 1.65. The number of hydrogen-bond donors (Lipinski definition) is 0. The van der Waals surface area contributed by atoms with Crippen LogP contribution in [-0.2, 0) is 0 Å². The number of rotatable bonds is 1. The van der Waals surface area contributed by atoms with Crippen LogP contribution in [-0.4, -0.2) is 9.55 Å². The lowest BCUT2D eigenvalue weighted by Gasteiger charge is -2.06. The predicted octanol–water partition coefficient (Wildman–Crippen LogP) is 5.10. The van der Waals surface area contributed by atoms with E-state index in [2.05, 4.69) is 54.4 Å². The zero-order valence-corrected chi connectivity index (χ0v) is 13.9. The highest BCUT2D eigenvalue weighted by molar-refractivity contribution is 5.42. The molecule has 0 bridgehead atoms. The van der Waals surface area contributed by atoms with E-state index in [1.165, 1.54) is 16.8 Å². The van der Waals surface area contributed by atoms with E-state index in [1.54, 1.807) is 0 Å². The first-order valence-electron chi connectivity index (χ1n) is 7.08. The molecule has 20 heavy (non-hydrogen) atoms. The smallest absolute Gasteiger partial charge is 0.0995 e. The van der Waals surface area contributed by atoms with Gasteiger partial charge in [0.15, 0.2) is 0 Å². The number of benzene rings is 1. The lowest BCUT2D eigenvalue weighted by Crippen LogP contribution is -1.93. The molecule has 0 aliphatic carbocycles. The van der Waals surface area contributed by atoms with Crippen molar-refractivity contribution >= 4 is 0 Å². The Hall–Kier alpha value is -2.01. The summed E-state index contributed by atoms with van der Waals surface area (Å²) in [6.07, 6.45) is 11.9. The Morgan fingerprint density at radius 2 is 1.50 bits per heavy atom. The van der Waals surface area contributed by atoms with E-state index < -0.39 is 0 Å². The molecule has 2 rings (SSSR count). The highest BCUT2D eigenvalue weighted by atomic mass is 15.0. The second kappa shape index (κ2) is 12.0. The molecule has 0 atom stereocenters. The van der Waals surface area contributed by atoms with Gasteiger partial charge in [0.1, 0.15) is 0 Å². The van der Waals surface area contributed by atoms with Gasteiger partial charge in [-0.15, -0.1) is 12.8 Å². The van der Waals surface area contributed by atoms with Crippen molar-refractivity contribution in [3.05, 3.63) is 47.5 Å². The molecule has 1 aromatic carbocycles. The molecule has 2 aromatic rings. The maximum absolute atomic E-state index is 4.22. The molecule has 110 valence electrons. The van der Waals surface area contributed by atoms with Crippen LogP contribution in [0.5, 0.6) is 0 Å². The maximum Gasteiger partial charge on any atom is 0.0995 e. The second-order valence-electron chi connectivity index (χ2n) is 3.71. The average Bonchev–Trinajstić information content (AvgIpc) is 2.92. The zero-order valence-electron chi connectivity index (χ0n) is 13.9. The minimum absolute atomic E-state index is 1.05.